The van der Waals surface area contributed by atoms with Crippen LogP contribution >= 0.6 is 0 Å². The van der Waals surface area contributed by atoms with Crippen LogP contribution in [0.5, 0.6) is 0 Å². The number of esters is 2. The first-order valence-electron chi connectivity index (χ1n) is 23.7. The number of allylic oxidation sites excluding steroid dienone is 18. The van der Waals surface area contributed by atoms with Crippen molar-refractivity contribution in [1.82, 2.24) is 5.32 Å². The van der Waals surface area contributed by atoms with E-state index < -0.39 is 34.8 Å². The van der Waals surface area contributed by atoms with Crippen LogP contribution in [0.2, 0.25) is 0 Å². The van der Waals surface area contributed by atoms with E-state index in [2.05, 4.69) is 143 Å². The summed E-state index contributed by atoms with van der Waals surface area (Å²) < 4.78 is 5.68. The van der Waals surface area contributed by atoms with Crippen LogP contribution in [0.25, 0.3) is 0 Å². The number of ether oxygens (including phenoxy) is 1. The van der Waals surface area contributed by atoms with Crippen LogP contribution in [0.3, 0.4) is 0 Å². The van der Waals surface area contributed by atoms with Crippen molar-refractivity contribution in [2.24, 2.45) is 10.8 Å². The Morgan fingerprint density at radius 3 is 1.10 bits per heavy atom. The smallest absolute Gasteiger partial charge is 0.320 e. The average molecular weight is 874 g/mol. The minimum Gasteiger partial charge on any atom is -0.396 e. The van der Waals surface area contributed by atoms with Gasteiger partial charge >= 0.3 is 11.9 Å². The zero-order valence-corrected chi connectivity index (χ0v) is 42.5. The van der Waals surface area contributed by atoms with Gasteiger partial charge in [-0.2, -0.15) is 0 Å². The highest BCUT2D eigenvalue weighted by atomic mass is 16.6. The SMILES string of the molecule is CC(C)=CCCC(C)=CCCC(C)=CCC(CC=C(C)CCC=C(C)CCC=C(C)C)(CC=C(C)CCC=C(C)CCC=C(C)C)C(=O)OC(=O)CCNC(=O)[C@@H](O)C(C)(C)CO. The topological polar surface area (TPSA) is 113 Å². The molecule has 0 aliphatic heterocycles. The number of hydrogen-bond donors (Lipinski definition) is 3. The highest BCUT2D eigenvalue weighted by molar-refractivity contribution is 5.89. The van der Waals surface area contributed by atoms with E-state index >= 15 is 0 Å². The Bertz CT molecular complexity index is 1550. The highest BCUT2D eigenvalue weighted by Gasteiger charge is 2.39. The lowest BCUT2D eigenvalue weighted by molar-refractivity contribution is -0.167. The number of aliphatic hydroxyl groups is 2. The third-order valence-corrected chi connectivity index (χ3v) is 11.6. The van der Waals surface area contributed by atoms with E-state index in [0.717, 1.165) is 77.0 Å². The van der Waals surface area contributed by atoms with E-state index in [4.69, 9.17) is 4.74 Å². The van der Waals surface area contributed by atoms with E-state index in [9.17, 15) is 24.6 Å². The molecule has 63 heavy (non-hydrogen) atoms. The summed E-state index contributed by atoms with van der Waals surface area (Å²) in [6, 6.07) is 0. The largest absolute Gasteiger partial charge is 0.396 e. The molecule has 0 rings (SSSR count). The second kappa shape index (κ2) is 32.8. The molecule has 356 valence electrons. The van der Waals surface area contributed by atoms with Gasteiger partial charge in [0, 0.05) is 12.0 Å². The molecule has 0 bridgehead atoms. The van der Waals surface area contributed by atoms with Gasteiger partial charge in [0.15, 0.2) is 0 Å². The van der Waals surface area contributed by atoms with Crippen LogP contribution < -0.4 is 5.32 Å². The second-order valence-electron chi connectivity index (χ2n) is 19.6. The van der Waals surface area contributed by atoms with Crippen LogP contribution in [0.1, 0.15) is 200 Å². The van der Waals surface area contributed by atoms with E-state index in [0.29, 0.717) is 19.3 Å². The monoisotopic (exact) mass is 874 g/mol. The summed E-state index contributed by atoms with van der Waals surface area (Å²) in [6.45, 7) is 28.3. The van der Waals surface area contributed by atoms with Gasteiger partial charge in [0.2, 0.25) is 5.91 Å². The quantitative estimate of drug-likeness (QED) is 0.0363. The number of hydrogen-bond acceptors (Lipinski definition) is 6. The second-order valence-corrected chi connectivity index (χ2v) is 19.6. The lowest BCUT2D eigenvalue weighted by atomic mass is 9.76. The first-order valence-corrected chi connectivity index (χ1v) is 23.7. The van der Waals surface area contributed by atoms with Crippen molar-refractivity contribution >= 4 is 17.8 Å². The highest BCUT2D eigenvalue weighted by Crippen LogP contribution is 2.37. The third-order valence-electron chi connectivity index (χ3n) is 11.6. The van der Waals surface area contributed by atoms with Crippen LogP contribution in [0, 0.1) is 10.8 Å². The van der Waals surface area contributed by atoms with Gasteiger partial charge in [-0.25, -0.2) is 0 Å². The number of carbonyl (C=O) groups excluding carboxylic acids is 3. The molecule has 1 atom stereocenters. The standard InChI is InChI=1S/C56H91NO6/c1-42(2)21-15-24-45(7)27-18-30-48(10)33-37-56(38-34-49(11)31-19-28-46(8)25-16-22-43(3)4,39-35-50(12)32-20-29-47(9)26-17-23-44(5)6)54(62)63-51(59)36-40-57-53(61)52(60)55(13,14)41-58/h21-23,27-29,33-35,52,58,60H,15-20,24-26,30-32,36-41H2,1-14H3,(H,57,61)/t52-,56?/m1/s1. The summed E-state index contributed by atoms with van der Waals surface area (Å²) in [4.78, 5) is 40.4. The number of nitrogens with one attached hydrogen (secondary N) is 1. The van der Waals surface area contributed by atoms with Crippen LogP contribution in [-0.2, 0) is 19.1 Å². The molecule has 0 saturated heterocycles. The normalized spacial score (nSPS) is 14.7. The molecule has 7 nitrogen and oxygen atoms in total. The minimum atomic E-state index is -1.46. The van der Waals surface area contributed by atoms with Gasteiger partial charge in [-0.3, -0.25) is 14.4 Å². The van der Waals surface area contributed by atoms with Crippen molar-refractivity contribution in [2.45, 2.75) is 206 Å². The zero-order valence-electron chi connectivity index (χ0n) is 42.5. The van der Waals surface area contributed by atoms with E-state index in [-0.39, 0.29) is 19.6 Å². The van der Waals surface area contributed by atoms with Crippen LogP contribution in [0.15, 0.2) is 105 Å². The first-order chi connectivity index (χ1) is 29.5. The number of aliphatic hydroxyl groups excluding tert-OH is 2. The lowest BCUT2D eigenvalue weighted by Gasteiger charge is -2.29. The summed E-state index contributed by atoms with van der Waals surface area (Å²) in [5.74, 6) is -2.01. The molecule has 0 aliphatic rings. The molecule has 0 fully saturated rings. The fourth-order valence-corrected chi connectivity index (χ4v) is 6.71. The van der Waals surface area contributed by atoms with E-state index in [1.165, 1.54) is 50.2 Å². The Morgan fingerprint density at radius 1 is 0.492 bits per heavy atom. The van der Waals surface area contributed by atoms with Crippen molar-refractivity contribution in [3.63, 3.8) is 0 Å². The fraction of sp³-hybridized carbons (Fsp3) is 0.625. The number of amides is 1. The van der Waals surface area contributed by atoms with E-state index in [1.54, 1.807) is 13.8 Å². The summed E-state index contributed by atoms with van der Waals surface area (Å²) >= 11 is 0. The third kappa shape index (κ3) is 29.3. The number of carbonyl (C=O) groups is 3. The summed E-state index contributed by atoms with van der Waals surface area (Å²) in [5.41, 5.74) is 9.58. The van der Waals surface area contributed by atoms with Crippen LogP contribution in [-0.4, -0.2) is 47.3 Å². The van der Waals surface area contributed by atoms with Gasteiger partial charge in [-0.15, -0.1) is 0 Å². The molecule has 0 aromatic heterocycles. The van der Waals surface area contributed by atoms with Gasteiger partial charge in [-0.05, 0) is 179 Å². The maximum atomic E-state index is 14.5. The molecule has 7 heteroatoms. The van der Waals surface area contributed by atoms with Gasteiger partial charge in [0.05, 0.1) is 18.4 Å². The molecular formula is C56H91NO6. The molecule has 0 unspecified atom stereocenters. The zero-order chi connectivity index (χ0) is 48.0. The maximum absolute atomic E-state index is 14.5. The first kappa shape index (κ1) is 59.2. The summed E-state index contributed by atoms with van der Waals surface area (Å²) in [7, 11) is 0. The Kier molecular flexibility index (Phi) is 30.8. The fourth-order valence-electron chi connectivity index (χ4n) is 6.71. The molecule has 0 spiro atoms. The lowest BCUT2D eigenvalue weighted by Crippen LogP contribution is -2.46. The molecule has 0 aromatic rings. The van der Waals surface area contributed by atoms with Gasteiger partial charge in [0.25, 0.3) is 0 Å². The minimum absolute atomic E-state index is 0.114. The summed E-state index contributed by atoms with van der Waals surface area (Å²) in [6.07, 6.45) is 31.3. The maximum Gasteiger partial charge on any atom is 0.320 e. The Balaban J connectivity index is 6.68. The van der Waals surface area contributed by atoms with Gasteiger partial charge in [-0.1, -0.05) is 119 Å². The Labute approximate surface area is 385 Å². The van der Waals surface area contributed by atoms with Crippen molar-refractivity contribution in [3.8, 4) is 0 Å². The van der Waals surface area contributed by atoms with Gasteiger partial charge in [0.1, 0.15) is 6.10 Å². The molecular weight excluding hydrogens is 783 g/mol. The predicted molar refractivity (Wildman–Crippen MR) is 268 cm³/mol. The molecule has 3 N–H and O–H groups in total. The molecule has 1 amide bonds. The van der Waals surface area contributed by atoms with Gasteiger partial charge < -0.3 is 20.3 Å². The summed E-state index contributed by atoms with van der Waals surface area (Å²) in [5, 5.41) is 22.5. The average Bonchev–Trinajstić information content (AvgIpc) is 3.19. The predicted octanol–water partition coefficient (Wildman–Crippen LogP) is 14.4. The van der Waals surface area contributed by atoms with Crippen molar-refractivity contribution in [2.75, 3.05) is 13.2 Å². The van der Waals surface area contributed by atoms with Crippen LogP contribution in [0.4, 0.5) is 0 Å². The number of rotatable bonds is 31. The molecule has 0 aromatic carbocycles. The van der Waals surface area contributed by atoms with E-state index in [1.807, 2.05) is 0 Å². The molecule has 0 saturated carbocycles. The molecule has 0 radical (unpaired) electrons. The Morgan fingerprint density at radius 2 is 0.794 bits per heavy atom. The Hall–Kier alpha value is -3.81. The molecule has 0 aliphatic carbocycles. The van der Waals surface area contributed by atoms with Crippen molar-refractivity contribution < 1.29 is 29.3 Å². The van der Waals surface area contributed by atoms with Crippen molar-refractivity contribution in [1.29, 1.82) is 0 Å². The molecule has 0 heterocycles. The van der Waals surface area contributed by atoms with Crippen molar-refractivity contribution in [3.05, 3.63) is 105 Å².